The minimum Gasteiger partial charge on any atom is -0.382 e. The van der Waals surface area contributed by atoms with Crippen LogP contribution in [0.1, 0.15) is 20.3 Å². The van der Waals surface area contributed by atoms with Crippen LogP contribution in [0.4, 0.5) is 4.79 Å². The SMILES string of the molecule is CCOCCCNC(=O)NC(=O)CN1CCN(CC)CC1.Cl. The first-order valence-electron chi connectivity index (χ1n) is 7.75. The number of hydrogen-bond acceptors (Lipinski definition) is 5. The summed E-state index contributed by atoms with van der Waals surface area (Å²) < 4.78 is 5.17. The van der Waals surface area contributed by atoms with Crippen LogP contribution in [-0.4, -0.2) is 80.8 Å². The fourth-order valence-electron chi connectivity index (χ4n) is 2.20. The third-order valence-corrected chi connectivity index (χ3v) is 3.49. The summed E-state index contributed by atoms with van der Waals surface area (Å²) >= 11 is 0. The molecule has 0 aromatic heterocycles. The Morgan fingerprint density at radius 1 is 1.09 bits per heavy atom. The first-order chi connectivity index (χ1) is 10.2. The summed E-state index contributed by atoms with van der Waals surface area (Å²) in [4.78, 5) is 27.7. The normalized spacial score (nSPS) is 15.9. The minimum absolute atomic E-state index is 0. The molecule has 0 spiro atoms. The molecule has 130 valence electrons. The Bertz CT molecular complexity index is 323. The minimum atomic E-state index is -0.427. The van der Waals surface area contributed by atoms with Crippen molar-refractivity contribution in [1.82, 2.24) is 20.4 Å². The average molecular weight is 337 g/mol. The zero-order valence-corrected chi connectivity index (χ0v) is 14.4. The van der Waals surface area contributed by atoms with E-state index in [4.69, 9.17) is 4.74 Å². The second kappa shape index (κ2) is 12.6. The zero-order chi connectivity index (χ0) is 15.5. The van der Waals surface area contributed by atoms with Crippen LogP contribution >= 0.6 is 12.4 Å². The number of likely N-dealkylation sites (N-methyl/N-ethyl adjacent to an activating group) is 1. The van der Waals surface area contributed by atoms with Crippen molar-refractivity contribution in [2.45, 2.75) is 20.3 Å². The van der Waals surface area contributed by atoms with Gasteiger partial charge in [-0.05, 0) is 19.9 Å². The lowest BCUT2D eigenvalue weighted by molar-refractivity contribution is -0.121. The maximum atomic E-state index is 11.8. The highest BCUT2D eigenvalue weighted by Crippen LogP contribution is 2.00. The number of nitrogens with one attached hydrogen (secondary N) is 2. The molecule has 1 aliphatic rings. The van der Waals surface area contributed by atoms with Crippen LogP contribution in [0, 0.1) is 0 Å². The van der Waals surface area contributed by atoms with Crippen LogP contribution in [0.15, 0.2) is 0 Å². The molecule has 1 saturated heterocycles. The average Bonchev–Trinajstić information content (AvgIpc) is 2.47. The number of ether oxygens (including phenoxy) is 1. The number of rotatable bonds is 8. The third kappa shape index (κ3) is 9.19. The van der Waals surface area contributed by atoms with E-state index >= 15 is 0 Å². The highest BCUT2D eigenvalue weighted by molar-refractivity contribution is 5.95. The predicted molar refractivity (Wildman–Crippen MR) is 88.5 cm³/mol. The van der Waals surface area contributed by atoms with E-state index in [0.717, 1.165) is 39.1 Å². The van der Waals surface area contributed by atoms with Crippen molar-refractivity contribution >= 4 is 24.3 Å². The van der Waals surface area contributed by atoms with Gasteiger partial charge >= 0.3 is 6.03 Å². The van der Waals surface area contributed by atoms with Gasteiger partial charge in [0.15, 0.2) is 0 Å². The van der Waals surface area contributed by atoms with E-state index in [1.54, 1.807) is 0 Å². The van der Waals surface area contributed by atoms with Gasteiger partial charge in [-0.1, -0.05) is 6.92 Å². The fourth-order valence-corrected chi connectivity index (χ4v) is 2.20. The molecule has 8 heteroatoms. The van der Waals surface area contributed by atoms with Crippen molar-refractivity contribution < 1.29 is 14.3 Å². The summed E-state index contributed by atoms with van der Waals surface area (Å²) in [5.74, 6) is -0.248. The van der Waals surface area contributed by atoms with Crippen molar-refractivity contribution in [1.29, 1.82) is 0 Å². The molecule has 2 N–H and O–H groups in total. The molecule has 0 bridgehead atoms. The fraction of sp³-hybridized carbons (Fsp3) is 0.857. The Hall–Kier alpha value is -0.890. The van der Waals surface area contributed by atoms with E-state index in [0.29, 0.717) is 19.8 Å². The number of amides is 3. The zero-order valence-electron chi connectivity index (χ0n) is 13.6. The van der Waals surface area contributed by atoms with Gasteiger partial charge in [-0.2, -0.15) is 0 Å². The van der Waals surface area contributed by atoms with Gasteiger partial charge in [0.1, 0.15) is 0 Å². The van der Waals surface area contributed by atoms with Crippen molar-refractivity contribution in [3.05, 3.63) is 0 Å². The van der Waals surface area contributed by atoms with Crippen LogP contribution in [0.5, 0.6) is 0 Å². The van der Waals surface area contributed by atoms with Gasteiger partial charge in [0.25, 0.3) is 0 Å². The van der Waals surface area contributed by atoms with Crippen molar-refractivity contribution in [2.24, 2.45) is 0 Å². The van der Waals surface area contributed by atoms with Gasteiger partial charge in [-0.3, -0.25) is 15.0 Å². The molecule has 1 fully saturated rings. The molecule has 0 atom stereocenters. The standard InChI is InChI=1S/C14H28N4O3.ClH/c1-3-17-7-9-18(10-8-17)12-13(19)16-14(20)15-6-5-11-21-4-2;/h3-12H2,1-2H3,(H2,15,16,19,20);1H. The lowest BCUT2D eigenvalue weighted by atomic mass is 10.3. The van der Waals surface area contributed by atoms with E-state index in [1.165, 1.54) is 0 Å². The molecule has 0 aromatic rings. The van der Waals surface area contributed by atoms with E-state index in [9.17, 15) is 9.59 Å². The summed E-state index contributed by atoms with van der Waals surface area (Å²) in [5, 5.41) is 5.01. The molecular weight excluding hydrogens is 308 g/mol. The second-order valence-corrected chi connectivity index (χ2v) is 5.06. The summed E-state index contributed by atoms with van der Waals surface area (Å²) in [5.41, 5.74) is 0. The van der Waals surface area contributed by atoms with E-state index in [-0.39, 0.29) is 24.9 Å². The van der Waals surface area contributed by atoms with Gasteiger partial charge in [0.05, 0.1) is 6.54 Å². The Morgan fingerprint density at radius 2 is 1.73 bits per heavy atom. The number of halogens is 1. The molecular formula is C14H29ClN4O3. The Balaban J connectivity index is 0.00000441. The number of hydrogen-bond donors (Lipinski definition) is 2. The molecule has 0 unspecified atom stereocenters. The number of carbonyl (C=O) groups excluding carboxylic acids is 2. The van der Waals surface area contributed by atoms with Crippen LogP contribution in [0.3, 0.4) is 0 Å². The van der Waals surface area contributed by atoms with Crippen LogP contribution in [0.2, 0.25) is 0 Å². The van der Waals surface area contributed by atoms with Crippen molar-refractivity contribution in [3.8, 4) is 0 Å². The van der Waals surface area contributed by atoms with Crippen LogP contribution < -0.4 is 10.6 Å². The van der Waals surface area contributed by atoms with Crippen LogP contribution in [-0.2, 0) is 9.53 Å². The number of piperazine rings is 1. The monoisotopic (exact) mass is 336 g/mol. The lowest BCUT2D eigenvalue weighted by Gasteiger charge is -2.33. The van der Waals surface area contributed by atoms with Crippen molar-refractivity contribution in [2.75, 3.05) is 59.0 Å². The Morgan fingerprint density at radius 3 is 2.32 bits per heavy atom. The highest BCUT2D eigenvalue weighted by Gasteiger charge is 2.18. The molecule has 0 aromatic carbocycles. The smallest absolute Gasteiger partial charge is 0.321 e. The number of nitrogens with zero attached hydrogens (tertiary/aromatic N) is 2. The van der Waals surface area contributed by atoms with Gasteiger partial charge in [-0.25, -0.2) is 4.79 Å². The van der Waals surface area contributed by atoms with E-state index in [2.05, 4.69) is 27.4 Å². The van der Waals surface area contributed by atoms with Gasteiger partial charge in [0, 0.05) is 45.9 Å². The quantitative estimate of drug-likeness (QED) is 0.624. The summed E-state index contributed by atoms with van der Waals surface area (Å²) in [6.45, 7) is 10.9. The van der Waals surface area contributed by atoms with Crippen molar-refractivity contribution in [3.63, 3.8) is 0 Å². The topological polar surface area (TPSA) is 73.9 Å². The van der Waals surface area contributed by atoms with Gasteiger partial charge < -0.3 is 15.0 Å². The molecule has 7 nitrogen and oxygen atoms in total. The summed E-state index contributed by atoms with van der Waals surface area (Å²) in [7, 11) is 0. The maximum Gasteiger partial charge on any atom is 0.321 e. The lowest BCUT2D eigenvalue weighted by Crippen LogP contribution is -2.51. The second-order valence-electron chi connectivity index (χ2n) is 5.06. The number of imide groups is 1. The van der Waals surface area contributed by atoms with Crippen LogP contribution in [0.25, 0.3) is 0 Å². The summed E-state index contributed by atoms with van der Waals surface area (Å²) in [6, 6.07) is -0.427. The van der Waals surface area contributed by atoms with Gasteiger partial charge in [-0.15, -0.1) is 12.4 Å². The first kappa shape index (κ1) is 21.1. The molecule has 3 amide bonds. The molecule has 0 aliphatic carbocycles. The third-order valence-electron chi connectivity index (χ3n) is 3.49. The number of urea groups is 1. The van der Waals surface area contributed by atoms with E-state index in [1.807, 2.05) is 6.92 Å². The van der Waals surface area contributed by atoms with Gasteiger partial charge in [0.2, 0.25) is 5.91 Å². The number of carbonyl (C=O) groups is 2. The Labute approximate surface area is 139 Å². The Kier molecular flexibility index (Phi) is 12.1. The maximum absolute atomic E-state index is 11.8. The molecule has 0 saturated carbocycles. The predicted octanol–water partition coefficient (Wildman–Crippen LogP) is 0.298. The highest BCUT2D eigenvalue weighted by atomic mass is 35.5. The molecule has 0 radical (unpaired) electrons. The molecule has 1 rings (SSSR count). The first-order valence-corrected chi connectivity index (χ1v) is 7.75. The largest absolute Gasteiger partial charge is 0.382 e. The summed E-state index contributed by atoms with van der Waals surface area (Å²) in [6.07, 6.45) is 0.744. The molecule has 22 heavy (non-hydrogen) atoms. The molecule has 1 heterocycles. The molecule has 1 aliphatic heterocycles. The van der Waals surface area contributed by atoms with E-state index < -0.39 is 6.03 Å².